The van der Waals surface area contributed by atoms with E-state index in [1.165, 1.54) is 173 Å². The highest BCUT2D eigenvalue weighted by Crippen LogP contribution is 2.45. The van der Waals surface area contributed by atoms with Gasteiger partial charge in [-0.1, -0.05) is 311 Å². The number of hydrogen-bond donors (Lipinski definition) is 3. The molecule has 0 bridgehead atoms. The van der Waals surface area contributed by atoms with Gasteiger partial charge in [0.1, 0.15) is 19.3 Å². The third kappa shape index (κ3) is 62.2. The monoisotopic (exact) mass is 1320 g/mol. The standard InChI is InChI=1S/C71H138O17P2/c1-7-11-13-15-16-17-18-19-20-21-22-23-24-25-26-27-28-29-37-43-49-55-70(75)88-67(60-82-69(74)54-48-42-36-32-30-34-40-45-51-63(5)9-3)62-86-90(79,80)84-58-65(72)57-83-89(77,78)85-61-66(59-81-68(73)53-47-39-14-12-8-2)87-71(76)56-50-44-38-33-31-35-41-46-52-64(6)10-4/h63-67,72H,7-62H2,1-6H3,(H,77,78)(H,79,80)/t63?,64?,65-,66+,67+/m0/s1. The number of esters is 4. The highest BCUT2D eigenvalue weighted by Gasteiger charge is 2.30. The number of unbranched alkanes of at least 4 members (excludes halogenated alkanes) is 38. The maximum absolute atomic E-state index is 13.0. The Hall–Kier alpha value is -1.94. The van der Waals surface area contributed by atoms with Gasteiger partial charge in [-0.05, 0) is 37.5 Å². The van der Waals surface area contributed by atoms with Gasteiger partial charge in [0.2, 0.25) is 0 Å². The van der Waals surface area contributed by atoms with E-state index in [9.17, 15) is 43.2 Å². The molecule has 0 radical (unpaired) electrons. The molecule has 0 aliphatic carbocycles. The SMILES string of the molecule is CCCCCCCCCCCCCCCCCCCCCCCC(=O)O[C@H](COC(=O)CCCCCCCCCCC(C)CC)COP(=O)(O)OC[C@@H](O)COP(=O)(O)OC[C@@H](COC(=O)CCCCCCC)OC(=O)CCCCCCCCCCC(C)CC. The molecule has 0 rings (SSSR count). The maximum atomic E-state index is 13.0. The average molecular weight is 1330 g/mol. The van der Waals surface area contributed by atoms with Crippen LogP contribution in [0.25, 0.3) is 0 Å². The second-order valence-electron chi connectivity index (χ2n) is 26.1. The van der Waals surface area contributed by atoms with Gasteiger partial charge < -0.3 is 33.8 Å². The van der Waals surface area contributed by atoms with Crippen LogP contribution in [0.1, 0.15) is 363 Å². The van der Waals surface area contributed by atoms with Crippen LogP contribution in [-0.2, 0) is 65.4 Å². The van der Waals surface area contributed by atoms with Gasteiger partial charge in [-0.15, -0.1) is 0 Å². The highest BCUT2D eigenvalue weighted by molar-refractivity contribution is 7.47. The van der Waals surface area contributed by atoms with Gasteiger partial charge in [0.05, 0.1) is 26.4 Å². The molecule has 534 valence electrons. The molecule has 19 heteroatoms. The molecule has 90 heavy (non-hydrogen) atoms. The van der Waals surface area contributed by atoms with Crippen molar-refractivity contribution in [2.45, 2.75) is 381 Å². The fraction of sp³-hybridized carbons (Fsp3) is 0.944. The van der Waals surface area contributed by atoms with E-state index in [-0.39, 0.29) is 25.7 Å². The largest absolute Gasteiger partial charge is 0.472 e. The molecule has 0 fully saturated rings. The van der Waals surface area contributed by atoms with E-state index in [2.05, 4.69) is 41.5 Å². The summed E-state index contributed by atoms with van der Waals surface area (Å²) in [6.07, 6.45) is 49.1. The molecule has 17 nitrogen and oxygen atoms in total. The third-order valence-electron chi connectivity index (χ3n) is 17.2. The fourth-order valence-electron chi connectivity index (χ4n) is 10.7. The summed E-state index contributed by atoms with van der Waals surface area (Å²) in [5.41, 5.74) is 0. The van der Waals surface area contributed by atoms with E-state index >= 15 is 0 Å². The van der Waals surface area contributed by atoms with E-state index < -0.39 is 97.5 Å². The van der Waals surface area contributed by atoms with Crippen LogP contribution >= 0.6 is 15.6 Å². The van der Waals surface area contributed by atoms with Crippen LogP contribution in [0.2, 0.25) is 0 Å². The number of carbonyl (C=O) groups excluding carboxylic acids is 4. The first-order chi connectivity index (χ1) is 43.4. The quantitative estimate of drug-likeness (QED) is 0.0222. The molecule has 0 amide bonds. The molecular weight excluding hydrogens is 1190 g/mol. The van der Waals surface area contributed by atoms with Gasteiger partial charge >= 0.3 is 39.5 Å². The van der Waals surface area contributed by atoms with Crippen molar-refractivity contribution < 1.29 is 80.2 Å². The summed E-state index contributed by atoms with van der Waals surface area (Å²) in [4.78, 5) is 72.3. The molecule has 0 aromatic heterocycles. The zero-order valence-electron chi connectivity index (χ0n) is 58.4. The zero-order valence-corrected chi connectivity index (χ0v) is 60.2. The molecule has 4 unspecified atom stereocenters. The zero-order chi connectivity index (χ0) is 66.5. The van der Waals surface area contributed by atoms with Gasteiger partial charge in [-0.25, -0.2) is 9.13 Å². The van der Waals surface area contributed by atoms with E-state index in [1.54, 1.807) is 0 Å². The summed E-state index contributed by atoms with van der Waals surface area (Å²) in [5.74, 6) is -0.590. The van der Waals surface area contributed by atoms with Crippen molar-refractivity contribution >= 4 is 39.5 Å². The topological polar surface area (TPSA) is 237 Å². The lowest BCUT2D eigenvalue weighted by atomic mass is 9.99. The van der Waals surface area contributed by atoms with Crippen LogP contribution in [-0.4, -0.2) is 96.7 Å². The lowest BCUT2D eigenvalue weighted by Crippen LogP contribution is -2.30. The average Bonchev–Trinajstić information content (AvgIpc) is 3.52. The van der Waals surface area contributed by atoms with E-state index in [4.69, 9.17) is 37.0 Å². The number of rotatable bonds is 70. The molecule has 0 aromatic rings. The Balaban J connectivity index is 5.11. The lowest BCUT2D eigenvalue weighted by molar-refractivity contribution is -0.161. The highest BCUT2D eigenvalue weighted by atomic mass is 31.2. The summed E-state index contributed by atoms with van der Waals surface area (Å²) in [7, 11) is -9.89. The Labute approximate surface area is 549 Å². The molecule has 0 spiro atoms. The lowest BCUT2D eigenvalue weighted by Gasteiger charge is -2.21. The Morgan fingerprint density at radius 2 is 0.533 bits per heavy atom. The van der Waals surface area contributed by atoms with Crippen LogP contribution in [0.15, 0.2) is 0 Å². The molecule has 0 saturated heterocycles. The number of aliphatic hydroxyl groups is 1. The van der Waals surface area contributed by atoms with E-state index in [0.29, 0.717) is 25.7 Å². The van der Waals surface area contributed by atoms with Gasteiger partial charge in [0.25, 0.3) is 0 Å². The second kappa shape index (κ2) is 63.1. The molecule has 0 aromatic carbocycles. The summed E-state index contributed by atoms with van der Waals surface area (Å²) in [6, 6.07) is 0. The summed E-state index contributed by atoms with van der Waals surface area (Å²) >= 11 is 0. The summed E-state index contributed by atoms with van der Waals surface area (Å²) in [5, 5.41) is 10.6. The number of phosphoric ester groups is 2. The van der Waals surface area contributed by atoms with Gasteiger partial charge in [-0.2, -0.15) is 0 Å². The predicted octanol–water partition coefficient (Wildman–Crippen LogP) is 20.4. The normalized spacial score (nSPS) is 14.7. The number of phosphoric acid groups is 2. The number of hydrogen-bond acceptors (Lipinski definition) is 15. The molecule has 0 heterocycles. The second-order valence-corrected chi connectivity index (χ2v) is 29.0. The van der Waals surface area contributed by atoms with Gasteiger partial charge in [0, 0.05) is 25.7 Å². The smallest absolute Gasteiger partial charge is 0.462 e. The predicted molar refractivity (Wildman–Crippen MR) is 363 cm³/mol. The van der Waals surface area contributed by atoms with Crippen molar-refractivity contribution in [1.29, 1.82) is 0 Å². The Kier molecular flexibility index (Phi) is 61.8. The van der Waals surface area contributed by atoms with Crippen LogP contribution in [0.4, 0.5) is 0 Å². The molecule has 3 N–H and O–H groups in total. The van der Waals surface area contributed by atoms with Crippen molar-refractivity contribution in [2.24, 2.45) is 11.8 Å². The number of ether oxygens (including phenoxy) is 4. The van der Waals surface area contributed by atoms with Crippen molar-refractivity contribution in [3.05, 3.63) is 0 Å². The van der Waals surface area contributed by atoms with Crippen molar-refractivity contribution in [3.63, 3.8) is 0 Å². The Morgan fingerprint density at radius 1 is 0.311 bits per heavy atom. The van der Waals surface area contributed by atoms with Crippen molar-refractivity contribution in [1.82, 2.24) is 0 Å². The third-order valence-corrected chi connectivity index (χ3v) is 19.1. The van der Waals surface area contributed by atoms with Crippen molar-refractivity contribution in [3.8, 4) is 0 Å². The first-order valence-electron chi connectivity index (χ1n) is 37.1. The summed E-state index contributed by atoms with van der Waals surface area (Å²) < 4.78 is 68.1. The Morgan fingerprint density at radius 3 is 0.789 bits per heavy atom. The molecule has 0 aliphatic heterocycles. The van der Waals surface area contributed by atoms with Gasteiger partial charge in [-0.3, -0.25) is 37.3 Å². The van der Waals surface area contributed by atoms with Gasteiger partial charge in [0.15, 0.2) is 12.2 Å². The minimum Gasteiger partial charge on any atom is -0.462 e. The van der Waals surface area contributed by atoms with Crippen LogP contribution < -0.4 is 0 Å². The number of aliphatic hydroxyl groups excluding tert-OH is 1. The van der Waals surface area contributed by atoms with Crippen LogP contribution in [0.5, 0.6) is 0 Å². The van der Waals surface area contributed by atoms with Crippen LogP contribution in [0, 0.1) is 11.8 Å². The molecular formula is C71H138O17P2. The molecule has 0 saturated carbocycles. The molecule has 0 aliphatic rings. The van der Waals surface area contributed by atoms with E-state index in [1.807, 2.05) is 0 Å². The first kappa shape index (κ1) is 88.1. The van der Waals surface area contributed by atoms with Crippen LogP contribution in [0.3, 0.4) is 0 Å². The number of carbonyl (C=O) groups is 4. The fourth-order valence-corrected chi connectivity index (χ4v) is 12.3. The van der Waals surface area contributed by atoms with E-state index in [0.717, 1.165) is 108 Å². The maximum Gasteiger partial charge on any atom is 0.472 e. The minimum atomic E-state index is -4.95. The Bertz CT molecular complexity index is 1760. The minimum absolute atomic E-state index is 0.104. The first-order valence-corrected chi connectivity index (χ1v) is 40.1. The molecule has 7 atom stereocenters. The van der Waals surface area contributed by atoms with Crippen molar-refractivity contribution in [2.75, 3.05) is 39.6 Å². The summed E-state index contributed by atoms with van der Waals surface area (Å²) in [6.45, 7) is 9.46.